The second kappa shape index (κ2) is 7.67. The summed E-state index contributed by atoms with van der Waals surface area (Å²) in [7, 11) is 1.67. The minimum absolute atomic E-state index is 0.634. The van der Waals surface area contributed by atoms with Crippen LogP contribution >= 0.6 is 0 Å². The maximum absolute atomic E-state index is 5.99. The smallest absolute Gasteiger partial charge is 0.0743 e. The molecule has 1 aromatic heterocycles. The van der Waals surface area contributed by atoms with Gasteiger partial charge < -0.3 is 20.5 Å². The van der Waals surface area contributed by atoms with Gasteiger partial charge in [-0.25, -0.2) is 0 Å². The fraction of sp³-hybridized carbons (Fsp3) is 0.400. The van der Waals surface area contributed by atoms with Gasteiger partial charge in [0.05, 0.1) is 36.3 Å². The number of hydrogen-bond acceptors (Lipinski definition) is 5. The first-order chi connectivity index (χ1) is 9.83. The lowest BCUT2D eigenvalue weighted by Crippen LogP contribution is -2.10. The molecule has 1 aromatic carbocycles. The standard InChI is InChI=1S/C15H21N3O2/c1-19-9-10-20-8-4-7-17-15-12-5-2-3-6-14(12)18-11-13(15)16/h2-3,5-6,11H,4,7-10,16H2,1H3,(H,17,18). The number of para-hydroxylation sites is 1. The number of nitrogen functional groups attached to an aromatic ring is 1. The Morgan fingerprint density at radius 2 is 2.05 bits per heavy atom. The number of nitrogens with zero attached hydrogens (tertiary/aromatic N) is 1. The summed E-state index contributed by atoms with van der Waals surface area (Å²) in [5.41, 5.74) is 8.56. The average molecular weight is 275 g/mol. The third kappa shape index (κ3) is 3.82. The number of rotatable bonds is 8. The van der Waals surface area contributed by atoms with Crippen LogP contribution in [0.25, 0.3) is 10.9 Å². The SMILES string of the molecule is COCCOCCCNc1c(N)cnc2ccccc12. The minimum atomic E-state index is 0.634. The van der Waals surface area contributed by atoms with Gasteiger partial charge in [-0.05, 0) is 12.5 Å². The lowest BCUT2D eigenvalue weighted by Gasteiger charge is -2.12. The Balaban J connectivity index is 1.88. The van der Waals surface area contributed by atoms with E-state index in [4.69, 9.17) is 15.2 Å². The minimum Gasteiger partial charge on any atom is -0.396 e. The predicted octanol–water partition coefficient (Wildman–Crippen LogP) is 2.28. The van der Waals surface area contributed by atoms with Gasteiger partial charge in [-0.1, -0.05) is 18.2 Å². The Labute approximate surface area is 119 Å². The molecule has 1 heterocycles. The highest BCUT2D eigenvalue weighted by atomic mass is 16.5. The number of fused-ring (bicyclic) bond motifs is 1. The van der Waals surface area contributed by atoms with Crippen LogP contribution < -0.4 is 11.1 Å². The van der Waals surface area contributed by atoms with Crippen molar-refractivity contribution in [2.45, 2.75) is 6.42 Å². The van der Waals surface area contributed by atoms with E-state index in [2.05, 4.69) is 10.3 Å². The van der Waals surface area contributed by atoms with Crippen molar-refractivity contribution in [1.82, 2.24) is 4.98 Å². The van der Waals surface area contributed by atoms with Crippen molar-refractivity contribution < 1.29 is 9.47 Å². The average Bonchev–Trinajstić information content (AvgIpc) is 2.48. The van der Waals surface area contributed by atoms with Crippen LogP contribution in [0.2, 0.25) is 0 Å². The first kappa shape index (κ1) is 14.6. The maximum Gasteiger partial charge on any atom is 0.0743 e. The number of anilines is 2. The molecule has 0 unspecified atom stereocenters. The molecule has 20 heavy (non-hydrogen) atoms. The van der Waals surface area contributed by atoms with Crippen molar-refractivity contribution >= 4 is 22.3 Å². The Bertz CT molecular complexity index is 546. The Morgan fingerprint density at radius 3 is 2.90 bits per heavy atom. The van der Waals surface area contributed by atoms with Crippen LogP contribution in [0.4, 0.5) is 11.4 Å². The van der Waals surface area contributed by atoms with Crippen molar-refractivity contribution in [1.29, 1.82) is 0 Å². The normalized spacial score (nSPS) is 10.8. The first-order valence-electron chi connectivity index (χ1n) is 6.76. The topological polar surface area (TPSA) is 69.4 Å². The molecule has 108 valence electrons. The second-order valence-corrected chi connectivity index (χ2v) is 4.49. The van der Waals surface area contributed by atoms with Crippen LogP contribution in [-0.4, -0.2) is 38.5 Å². The molecular formula is C15H21N3O2. The van der Waals surface area contributed by atoms with Gasteiger partial charge >= 0.3 is 0 Å². The molecule has 3 N–H and O–H groups in total. The molecule has 0 aliphatic carbocycles. The number of pyridine rings is 1. The maximum atomic E-state index is 5.99. The quantitative estimate of drug-likeness (QED) is 0.723. The number of nitrogens with one attached hydrogen (secondary N) is 1. The number of hydrogen-bond donors (Lipinski definition) is 2. The zero-order chi connectivity index (χ0) is 14.2. The molecule has 0 saturated carbocycles. The van der Waals surface area contributed by atoms with Crippen molar-refractivity contribution in [3.8, 4) is 0 Å². The number of nitrogens with two attached hydrogens (primary N) is 1. The van der Waals surface area contributed by atoms with Gasteiger partial charge in [-0.3, -0.25) is 4.98 Å². The van der Waals surface area contributed by atoms with Gasteiger partial charge in [0.1, 0.15) is 0 Å². The van der Waals surface area contributed by atoms with E-state index in [1.807, 2.05) is 24.3 Å². The lowest BCUT2D eigenvalue weighted by molar-refractivity contribution is 0.0705. The largest absolute Gasteiger partial charge is 0.396 e. The first-order valence-corrected chi connectivity index (χ1v) is 6.76. The van der Waals surface area contributed by atoms with Crippen molar-refractivity contribution in [2.24, 2.45) is 0 Å². The Kier molecular flexibility index (Phi) is 5.58. The summed E-state index contributed by atoms with van der Waals surface area (Å²) in [6.45, 7) is 2.79. The summed E-state index contributed by atoms with van der Waals surface area (Å²) in [5, 5.41) is 4.42. The van der Waals surface area contributed by atoms with Gasteiger partial charge in [0.25, 0.3) is 0 Å². The molecular weight excluding hydrogens is 254 g/mol. The molecule has 0 radical (unpaired) electrons. The highest BCUT2D eigenvalue weighted by molar-refractivity contribution is 5.96. The summed E-state index contributed by atoms with van der Waals surface area (Å²) < 4.78 is 10.3. The summed E-state index contributed by atoms with van der Waals surface area (Å²) >= 11 is 0. The van der Waals surface area contributed by atoms with E-state index in [-0.39, 0.29) is 0 Å². The van der Waals surface area contributed by atoms with Gasteiger partial charge in [-0.2, -0.15) is 0 Å². The van der Waals surface area contributed by atoms with E-state index < -0.39 is 0 Å². The zero-order valence-electron chi connectivity index (χ0n) is 11.8. The molecule has 0 amide bonds. The van der Waals surface area contributed by atoms with Gasteiger partial charge in [0.15, 0.2) is 0 Å². The summed E-state index contributed by atoms with van der Waals surface area (Å²) in [6.07, 6.45) is 2.61. The van der Waals surface area contributed by atoms with Gasteiger partial charge in [0, 0.05) is 25.6 Å². The molecule has 2 aromatic rings. The molecule has 0 aliphatic heterocycles. The predicted molar refractivity (Wildman–Crippen MR) is 82.0 cm³/mol. The molecule has 0 saturated heterocycles. The molecule has 2 rings (SSSR count). The molecule has 0 fully saturated rings. The summed E-state index contributed by atoms with van der Waals surface area (Å²) in [5.74, 6) is 0. The zero-order valence-corrected chi connectivity index (χ0v) is 11.8. The van der Waals surface area contributed by atoms with Crippen LogP contribution in [0.15, 0.2) is 30.5 Å². The molecule has 0 bridgehead atoms. The van der Waals surface area contributed by atoms with Crippen LogP contribution in [0.5, 0.6) is 0 Å². The van der Waals surface area contributed by atoms with E-state index in [1.165, 1.54) is 0 Å². The van der Waals surface area contributed by atoms with Crippen molar-refractivity contribution in [3.63, 3.8) is 0 Å². The Morgan fingerprint density at radius 1 is 1.20 bits per heavy atom. The summed E-state index contributed by atoms with van der Waals surface area (Å²) in [4.78, 5) is 4.32. The fourth-order valence-corrected chi connectivity index (χ4v) is 1.99. The number of aromatic nitrogens is 1. The van der Waals surface area contributed by atoms with E-state index in [1.54, 1.807) is 13.3 Å². The van der Waals surface area contributed by atoms with E-state index in [0.717, 1.165) is 29.6 Å². The fourth-order valence-electron chi connectivity index (χ4n) is 1.99. The van der Waals surface area contributed by atoms with Crippen LogP contribution in [0.1, 0.15) is 6.42 Å². The molecule has 0 aliphatic rings. The van der Waals surface area contributed by atoms with E-state index >= 15 is 0 Å². The van der Waals surface area contributed by atoms with Crippen LogP contribution in [0.3, 0.4) is 0 Å². The second-order valence-electron chi connectivity index (χ2n) is 4.49. The highest BCUT2D eigenvalue weighted by Crippen LogP contribution is 2.27. The van der Waals surface area contributed by atoms with Crippen LogP contribution in [-0.2, 0) is 9.47 Å². The number of benzene rings is 1. The van der Waals surface area contributed by atoms with E-state index in [9.17, 15) is 0 Å². The monoisotopic (exact) mass is 275 g/mol. The summed E-state index contributed by atoms with van der Waals surface area (Å²) in [6, 6.07) is 7.96. The van der Waals surface area contributed by atoms with Gasteiger partial charge in [0.2, 0.25) is 0 Å². The van der Waals surface area contributed by atoms with E-state index in [0.29, 0.717) is 25.5 Å². The number of methoxy groups -OCH3 is 1. The van der Waals surface area contributed by atoms with Crippen molar-refractivity contribution in [3.05, 3.63) is 30.5 Å². The Hall–Kier alpha value is -1.85. The molecule has 5 nitrogen and oxygen atoms in total. The van der Waals surface area contributed by atoms with Crippen LogP contribution in [0, 0.1) is 0 Å². The molecule has 0 atom stereocenters. The van der Waals surface area contributed by atoms with Gasteiger partial charge in [-0.15, -0.1) is 0 Å². The highest BCUT2D eigenvalue weighted by Gasteiger charge is 2.05. The molecule has 0 spiro atoms. The third-order valence-electron chi connectivity index (χ3n) is 3.00. The number of ether oxygens (including phenoxy) is 2. The lowest BCUT2D eigenvalue weighted by atomic mass is 10.1. The molecule has 5 heteroatoms. The van der Waals surface area contributed by atoms with Crippen molar-refractivity contribution in [2.75, 3.05) is 44.5 Å². The third-order valence-corrected chi connectivity index (χ3v) is 3.00.